The normalized spacial score (nSPS) is 10.8. The zero-order valence-electron chi connectivity index (χ0n) is 12.8. The molecule has 3 aromatic rings. The molecule has 0 unspecified atom stereocenters. The lowest BCUT2D eigenvalue weighted by Gasteiger charge is -2.07. The van der Waals surface area contributed by atoms with Crippen molar-refractivity contribution in [2.45, 2.75) is 13.5 Å². The number of pyridine rings is 1. The number of carbonyl (C=O) groups is 1. The lowest BCUT2D eigenvalue weighted by atomic mass is 10.3. The van der Waals surface area contributed by atoms with Crippen molar-refractivity contribution in [1.29, 1.82) is 0 Å². The van der Waals surface area contributed by atoms with Gasteiger partial charge in [0.2, 0.25) is 5.88 Å². The van der Waals surface area contributed by atoms with E-state index in [-0.39, 0.29) is 0 Å². The van der Waals surface area contributed by atoms with Gasteiger partial charge in [-0.15, -0.1) is 0 Å². The summed E-state index contributed by atoms with van der Waals surface area (Å²) in [6.45, 7) is 3.56. The zero-order chi connectivity index (χ0) is 16.1. The molecule has 0 spiro atoms. The summed E-state index contributed by atoms with van der Waals surface area (Å²) < 4.78 is 12.8. The predicted molar refractivity (Wildman–Crippen MR) is 85.9 cm³/mol. The highest BCUT2D eigenvalue weighted by molar-refractivity contribution is 5.80. The van der Waals surface area contributed by atoms with E-state index in [9.17, 15) is 4.79 Å². The number of benzene rings is 1. The number of aldehydes is 1. The van der Waals surface area contributed by atoms with E-state index in [0.29, 0.717) is 48.4 Å². The van der Waals surface area contributed by atoms with Gasteiger partial charge in [0.05, 0.1) is 6.61 Å². The van der Waals surface area contributed by atoms with Gasteiger partial charge in [0.15, 0.2) is 17.8 Å². The Bertz CT molecular complexity index is 799. The number of hydrogen-bond donors (Lipinski definition) is 0. The van der Waals surface area contributed by atoms with Gasteiger partial charge >= 0.3 is 0 Å². The third-order valence-corrected chi connectivity index (χ3v) is 3.33. The second kappa shape index (κ2) is 7.02. The molecule has 0 N–H and O–H groups in total. The van der Waals surface area contributed by atoms with Gasteiger partial charge in [0.25, 0.3) is 0 Å². The molecule has 0 fully saturated rings. The second-order valence-corrected chi connectivity index (χ2v) is 4.84. The van der Waals surface area contributed by atoms with Gasteiger partial charge in [-0.1, -0.05) is 18.2 Å². The van der Waals surface area contributed by atoms with E-state index in [4.69, 9.17) is 9.47 Å². The van der Waals surface area contributed by atoms with Crippen LogP contribution in [0.3, 0.4) is 0 Å². The first-order valence-electron chi connectivity index (χ1n) is 7.45. The van der Waals surface area contributed by atoms with Crippen molar-refractivity contribution in [3.8, 4) is 11.6 Å². The fourth-order valence-electron chi connectivity index (χ4n) is 2.28. The molecule has 6 nitrogen and oxygen atoms in total. The maximum absolute atomic E-state index is 11.2. The molecule has 6 heteroatoms. The lowest BCUT2D eigenvalue weighted by molar-refractivity contribution is 0.110. The fourth-order valence-corrected chi connectivity index (χ4v) is 2.28. The Labute approximate surface area is 133 Å². The molecule has 118 valence electrons. The van der Waals surface area contributed by atoms with Crippen LogP contribution in [0.2, 0.25) is 0 Å². The molecular weight excluding hydrogens is 294 g/mol. The molecule has 3 rings (SSSR count). The summed E-state index contributed by atoms with van der Waals surface area (Å²) in [5.41, 5.74) is 1.27. The van der Waals surface area contributed by atoms with Crippen molar-refractivity contribution in [2.24, 2.45) is 0 Å². The van der Waals surface area contributed by atoms with Gasteiger partial charge < -0.3 is 14.0 Å². The summed E-state index contributed by atoms with van der Waals surface area (Å²) in [7, 11) is 0. The molecule has 2 aromatic heterocycles. The second-order valence-electron chi connectivity index (χ2n) is 4.84. The summed E-state index contributed by atoms with van der Waals surface area (Å²) in [6, 6.07) is 13.0. The van der Waals surface area contributed by atoms with Gasteiger partial charge in [-0.2, -0.15) is 4.98 Å². The summed E-state index contributed by atoms with van der Waals surface area (Å²) in [5, 5.41) is 0. The number of ether oxygens (including phenoxy) is 2. The summed E-state index contributed by atoms with van der Waals surface area (Å²) in [4.78, 5) is 20.0. The lowest BCUT2D eigenvalue weighted by Crippen LogP contribution is -2.09. The van der Waals surface area contributed by atoms with Crippen molar-refractivity contribution in [2.75, 3.05) is 13.2 Å². The van der Waals surface area contributed by atoms with E-state index in [1.165, 1.54) is 0 Å². The number of fused-ring (bicyclic) bond motifs is 1. The molecule has 1 aromatic carbocycles. The van der Waals surface area contributed by atoms with E-state index in [2.05, 4.69) is 9.97 Å². The van der Waals surface area contributed by atoms with Crippen molar-refractivity contribution >= 4 is 17.5 Å². The number of hydrogen-bond acceptors (Lipinski definition) is 5. The SMILES string of the molecule is CCOCCn1c(C=O)nc2ccc(Oc3ccccc3)nc21. The molecule has 0 bridgehead atoms. The molecule has 23 heavy (non-hydrogen) atoms. The van der Waals surface area contributed by atoms with Gasteiger partial charge in [0.1, 0.15) is 11.3 Å². The first-order valence-corrected chi connectivity index (χ1v) is 7.45. The number of rotatable bonds is 7. The minimum absolute atomic E-state index is 0.337. The molecule has 0 aliphatic heterocycles. The van der Waals surface area contributed by atoms with E-state index in [0.717, 1.165) is 6.29 Å². The van der Waals surface area contributed by atoms with Gasteiger partial charge in [0, 0.05) is 19.2 Å². The highest BCUT2D eigenvalue weighted by atomic mass is 16.5. The predicted octanol–water partition coefficient (Wildman–Crippen LogP) is 3.07. The van der Waals surface area contributed by atoms with Gasteiger partial charge in [-0.25, -0.2) is 4.98 Å². The van der Waals surface area contributed by atoms with Crippen LogP contribution in [0.4, 0.5) is 0 Å². The molecule has 0 saturated heterocycles. The molecule has 0 radical (unpaired) electrons. The molecule has 0 aliphatic rings. The van der Waals surface area contributed by atoms with E-state index in [1.807, 2.05) is 37.3 Å². The van der Waals surface area contributed by atoms with E-state index >= 15 is 0 Å². The monoisotopic (exact) mass is 311 g/mol. The van der Waals surface area contributed by atoms with E-state index in [1.54, 1.807) is 16.7 Å². The summed E-state index contributed by atoms with van der Waals surface area (Å²) in [6.07, 6.45) is 0.728. The van der Waals surface area contributed by atoms with Crippen LogP contribution in [0.5, 0.6) is 11.6 Å². The Morgan fingerprint density at radius 3 is 2.70 bits per heavy atom. The smallest absolute Gasteiger partial charge is 0.221 e. The number of para-hydroxylation sites is 1. The topological polar surface area (TPSA) is 66.2 Å². The van der Waals surface area contributed by atoms with Crippen molar-refractivity contribution in [1.82, 2.24) is 14.5 Å². The Balaban J connectivity index is 1.93. The molecule has 0 aliphatic carbocycles. The maximum atomic E-state index is 11.2. The Morgan fingerprint density at radius 1 is 1.13 bits per heavy atom. The Morgan fingerprint density at radius 2 is 1.96 bits per heavy atom. The van der Waals surface area contributed by atoms with Crippen LogP contribution in [0, 0.1) is 0 Å². The Hall–Kier alpha value is -2.73. The largest absolute Gasteiger partial charge is 0.439 e. The summed E-state index contributed by atoms with van der Waals surface area (Å²) >= 11 is 0. The van der Waals surface area contributed by atoms with Crippen LogP contribution in [0.15, 0.2) is 42.5 Å². The quantitative estimate of drug-likeness (QED) is 0.495. The van der Waals surface area contributed by atoms with Gasteiger partial charge in [-0.05, 0) is 25.1 Å². The average Bonchev–Trinajstić information content (AvgIpc) is 2.93. The van der Waals surface area contributed by atoms with E-state index < -0.39 is 0 Å². The van der Waals surface area contributed by atoms with Crippen LogP contribution in [-0.4, -0.2) is 34.0 Å². The molecule has 0 atom stereocenters. The number of carbonyl (C=O) groups excluding carboxylic acids is 1. The third-order valence-electron chi connectivity index (χ3n) is 3.33. The van der Waals surface area contributed by atoms with Crippen LogP contribution < -0.4 is 4.74 Å². The number of nitrogens with zero attached hydrogens (tertiary/aromatic N) is 3. The molecular formula is C17H17N3O3. The minimum Gasteiger partial charge on any atom is -0.439 e. The first kappa shape index (κ1) is 15.2. The number of aromatic nitrogens is 3. The maximum Gasteiger partial charge on any atom is 0.221 e. The standard InChI is InChI=1S/C17H17N3O3/c1-2-22-11-10-20-15(12-21)18-14-8-9-16(19-17(14)20)23-13-6-4-3-5-7-13/h3-9,12H,2,10-11H2,1H3. The summed E-state index contributed by atoms with van der Waals surface area (Å²) in [5.74, 6) is 1.50. The van der Waals surface area contributed by atoms with Crippen LogP contribution in [0.1, 0.15) is 17.5 Å². The van der Waals surface area contributed by atoms with Crippen molar-refractivity contribution < 1.29 is 14.3 Å². The number of imidazole rings is 1. The van der Waals surface area contributed by atoms with Crippen molar-refractivity contribution in [3.63, 3.8) is 0 Å². The zero-order valence-corrected chi connectivity index (χ0v) is 12.8. The van der Waals surface area contributed by atoms with Crippen LogP contribution in [-0.2, 0) is 11.3 Å². The van der Waals surface area contributed by atoms with Crippen LogP contribution >= 0.6 is 0 Å². The minimum atomic E-state index is 0.337. The average molecular weight is 311 g/mol. The van der Waals surface area contributed by atoms with Crippen molar-refractivity contribution in [3.05, 3.63) is 48.3 Å². The van der Waals surface area contributed by atoms with Gasteiger partial charge in [-0.3, -0.25) is 4.79 Å². The molecule has 0 saturated carbocycles. The highest BCUT2D eigenvalue weighted by Gasteiger charge is 2.12. The first-order chi connectivity index (χ1) is 11.3. The molecule has 0 amide bonds. The Kier molecular flexibility index (Phi) is 4.63. The van der Waals surface area contributed by atoms with Crippen LogP contribution in [0.25, 0.3) is 11.2 Å². The third kappa shape index (κ3) is 3.37. The highest BCUT2D eigenvalue weighted by Crippen LogP contribution is 2.22. The fraction of sp³-hybridized carbons (Fsp3) is 0.235. The molecule has 2 heterocycles.